The molecular weight excluding hydrogens is 265 g/mol. The molecule has 0 saturated heterocycles. The van der Waals surface area contributed by atoms with Crippen molar-refractivity contribution in [1.29, 1.82) is 0 Å². The molecule has 0 spiro atoms. The number of halogens is 2. The van der Waals surface area contributed by atoms with E-state index in [4.69, 9.17) is 11.6 Å². The zero-order chi connectivity index (χ0) is 14.6. The van der Waals surface area contributed by atoms with Crippen molar-refractivity contribution in [3.05, 3.63) is 34.6 Å². The smallest absolute Gasteiger partial charge is 0.130 e. The molecule has 0 fully saturated rings. The Morgan fingerprint density at radius 1 is 1.32 bits per heavy atom. The minimum atomic E-state index is -0.880. The highest BCUT2D eigenvalue weighted by Crippen LogP contribution is 2.35. The summed E-state index contributed by atoms with van der Waals surface area (Å²) in [5.41, 5.74) is -0.182. The first-order chi connectivity index (χ1) is 8.90. The number of rotatable bonds is 6. The van der Waals surface area contributed by atoms with E-state index in [1.165, 1.54) is 6.07 Å². The van der Waals surface area contributed by atoms with Gasteiger partial charge in [-0.05, 0) is 38.6 Å². The molecular formula is C15H23ClFNO. The van der Waals surface area contributed by atoms with Crippen LogP contribution in [-0.4, -0.2) is 28.6 Å². The van der Waals surface area contributed by atoms with Crippen molar-refractivity contribution < 1.29 is 9.50 Å². The molecule has 2 nitrogen and oxygen atoms in total. The molecule has 108 valence electrons. The van der Waals surface area contributed by atoms with Crippen LogP contribution >= 0.6 is 11.6 Å². The molecule has 2 atom stereocenters. The molecule has 0 amide bonds. The molecule has 0 aliphatic rings. The molecule has 1 aromatic carbocycles. The van der Waals surface area contributed by atoms with E-state index in [9.17, 15) is 9.50 Å². The topological polar surface area (TPSA) is 23.5 Å². The molecule has 0 aromatic heterocycles. The minimum absolute atomic E-state index is 0.306. The standard InChI is InChI=1S/C15H23ClFNO/c1-5-15(4,18(6-2)7-3)14(19)12-9-8-11(16)10-13(12)17/h8-10,14,19H,5-7H2,1-4H3. The SMILES string of the molecule is CCN(CC)C(C)(CC)C(O)c1ccc(Cl)cc1F. The van der Waals surface area contributed by atoms with Gasteiger partial charge >= 0.3 is 0 Å². The Labute approximate surface area is 120 Å². The van der Waals surface area contributed by atoms with Gasteiger partial charge in [-0.25, -0.2) is 4.39 Å². The van der Waals surface area contributed by atoms with Crippen LogP contribution < -0.4 is 0 Å². The molecule has 1 rings (SSSR count). The van der Waals surface area contributed by atoms with Crippen molar-refractivity contribution in [1.82, 2.24) is 4.90 Å². The van der Waals surface area contributed by atoms with Gasteiger partial charge in [0.15, 0.2) is 0 Å². The Balaban J connectivity index is 3.17. The van der Waals surface area contributed by atoms with Crippen LogP contribution in [0.2, 0.25) is 5.02 Å². The molecule has 1 aromatic rings. The van der Waals surface area contributed by atoms with Gasteiger partial charge in [0.25, 0.3) is 0 Å². The summed E-state index contributed by atoms with van der Waals surface area (Å²) >= 11 is 5.75. The molecule has 0 saturated carbocycles. The summed E-state index contributed by atoms with van der Waals surface area (Å²) in [6.07, 6.45) is -0.146. The second kappa shape index (κ2) is 6.69. The van der Waals surface area contributed by atoms with Crippen LogP contribution in [0.25, 0.3) is 0 Å². The lowest BCUT2D eigenvalue weighted by molar-refractivity contribution is -0.0230. The lowest BCUT2D eigenvalue weighted by Gasteiger charge is -2.43. The molecule has 0 bridgehead atoms. The third-order valence-electron chi connectivity index (χ3n) is 4.05. The Kier molecular flexibility index (Phi) is 5.78. The van der Waals surface area contributed by atoms with Crippen molar-refractivity contribution >= 4 is 11.6 Å². The number of hydrogen-bond donors (Lipinski definition) is 1. The van der Waals surface area contributed by atoms with E-state index in [1.807, 2.05) is 27.7 Å². The summed E-state index contributed by atoms with van der Waals surface area (Å²) in [5.74, 6) is -0.452. The van der Waals surface area contributed by atoms with E-state index in [1.54, 1.807) is 12.1 Å². The summed E-state index contributed by atoms with van der Waals surface area (Å²) in [7, 11) is 0. The number of likely N-dealkylation sites (N-methyl/N-ethyl adjacent to an activating group) is 1. The summed E-state index contributed by atoms with van der Waals surface area (Å²) < 4.78 is 14.0. The fourth-order valence-corrected chi connectivity index (χ4v) is 2.75. The van der Waals surface area contributed by atoms with Crippen LogP contribution in [-0.2, 0) is 0 Å². The zero-order valence-electron chi connectivity index (χ0n) is 12.1. The number of nitrogens with zero attached hydrogens (tertiary/aromatic N) is 1. The fraction of sp³-hybridized carbons (Fsp3) is 0.600. The zero-order valence-corrected chi connectivity index (χ0v) is 12.8. The molecule has 4 heteroatoms. The highest BCUT2D eigenvalue weighted by molar-refractivity contribution is 6.30. The minimum Gasteiger partial charge on any atom is -0.386 e. The van der Waals surface area contributed by atoms with Crippen LogP contribution in [0.4, 0.5) is 4.39 Å². The molecule has 2 unspecified atom stereocenters. The molecule has 1 N–H and O–H groups in total. The van der Waals surface area contributed by atoms with Gasteiger partial charge in [-0.1, -0.05) is 38.4 Å². The molecule has 0 heterocycles. The number of benzene rings is 1. The van der Waals surface area contributed by atoms with E-state index < -0.39 is 17.5 Å². The molecule has 19 heavy (non-hydrogen) atoms. The van der Waals surface area contributed by atoms with Gasteiger partial charge < -0.3 is 5.11 Å². The van der Waals surface area contributed by atoms with Crippen molar-refractivity contribution in [2.45, 2.75) is 45.8 Å². The Morgan fingerprint density at radius 3 is 2.32 bits per heavy atom. The van der Waals surface area contributed by atoms with E-state index in [2.05, 4.69) is 4.90 Å². The van der Waals surface area contributed by atoms with E-state index >= 15 is 0 Å². The van der Waals surface area contributed by atoms with Crippen LogP contribution in [0, 0.1) is 5.82 Å². The van der Waals surface area contributed by atoms with Crippen molar-refractivity contribution in [2.75, 3.05) is 13.1 Å². The average Bonchev–Trinajstić information content (AvgIpc) is 2.39. The normalized spacial score (nSPS) is 16.4. The summed E-state index contributed by atoms with van der Waals surface area (Å²) in [4.78, 5) is 2.16. The lowest BCUT2D eigenvalue weighted by atomic mass is 9.85. The van der Waals surface area contributed by atoms with Crippen LogP contribution in [0.1, 0.15) is 45.8 Å². The van der Waals surface area contributed by atoms with Gasteiger partial charge in [-0.2, -0.15) is 0 Å². The maximum Gasteiger partial charge on any atom is 0.130 e. The van der Waals surface area contributed by atoms with Gasteiger partial charge in [-0.3, -0.25) is 4.90 Å². The van der Waals surface area contributed by atoms with Crippen molar-refractivity contribution in [3.63, 3.8) is 0 Å². The van der Waals surface area contributed by atoms with Gasteiger partial charge in [0.2, 0.25) is 0 Å². The first-order valence-corrected chi connectivity index (χ1v) is 7.16. The Hall–Kier alpha value is -0.640. The summed E-state index contributed by atoms with van der Waals surface area (Å²) in [5, 5.41) is 11.0. The Bertz CT molecular complexity index is 423. The predicted molar refractivity (Wildman–Crippen MR) is 78.0 cm³/mol. The van der Waals surface area contributed by atoms with Crippen molar-refractivity contribution in [2.24, 2.45) is 0 Å². The number of aliphatic hydroxyl groups excluding tert-OH is 1. The Morgan fingerprint density at radius 2 is 1.89 bits per heavy atom. The lowest BCUT2D eigenvalue weighted by Crippen LogP contribution is -2.50. The van der Waals surface area contributed by atoms with Gasteiger partial charge in [-0.15, -0.1) is 0 Å². The van der Waals surface area contributed by atoms with Crippen molar-refractivity contribution in [3.8, 4) is 0 Å². The number of aliphatic hydroxyl groups is 1. The number of hydrogen-bond acceptors (Lipinski definition) is 2. The summed E-state index contributed by atoms with van der Waals surface area (Å²) in [6.45, 7) is 9.69. The third kappa shape index (κ3) is 3.28. The first-order valence-electron chi connectivity index (χ1n) is 6.78. The largest absolute Gasteiger partial charge is 0.386 e. The van der Waals surface area contributed by atoms with E-state index in [-0.39, 0.29) is 0 Å². The van der Waals surface area contributed by atoms with Crippen LogP contribution in [0.5, 0.6) is 0 Å². The quantitative estimate of drug-likeness (QED) is 0.854. The molecule has 0 radical (unpaired) electrons. The highest BCUT2D eigenvalue weighted by atomic mass is 35.5. The van der Waals surface area contributed by atoms with Crippen LogP contribution in [0.15, 0.2) is 18.2 Å². The summed E-state index contributed by atoms with van der Waals surface area (Å²) in [6, 6.07) is 4.43. The first kappa shape index (κ1) is 16.4. The van der Waals surface area contributed by atoms with Crippen LogP contribution in [0.3, 0.4) is 0 Å². The van der Waals surface area contributed by atoms with E-state index in [0.717, 1.165) is 19.5 Å². The maximum absolute atomic E-state index is 14.0. The second-order valence-corrected chi connectivity index (χ2v) is 5.39. The van der Waals surface area contributed by atoms with Gasteiger partial charge in [0, 0.05) is 16.1 Å². The van der Waals surface area contributed by atoms with Gasteiger partial charge in [0.05, 0.1) is 6.10 Å². The fourth-order valence-electron chi connectivity index (χ4n) is 2.59. The highest BCUT2D eigenvalue weighted by Gasteiger charge is 2.38. The third-order valence-corrected chi connectivity index (χ3v) is 4.28. The monoisotopic (exact) mass is 287 g/mol. The van der Waals surface area contributed by atoms with E-state index in [0.29, 0.717) is 10.6 Å². The molecule has 0 aliphatic heterocycles. The predicted octanol–water partition coefficient (Wildman–Crippen LogP) is 4.02. The van der Waals surface area contributed by atoms with Gasteiger partial charge in [0.1, 0.15) is 5.82 Å². The molecule has 0 aliphatic carbocycles. The average molecular weight is 288 g/mol. The maximum atomic E-state index is 14.0. The second-order valence-electron chi connectivity index (χ2n) is 4.95.